The summed E-state index contributed by atoms with van der Waals surface area (Å²) in [4.78, 5) is 12.1. The molecule has 7 heteroatoms. The number of carbonyl (C=O) groups excluding carboxylic acids is 1. The van der Waals surface area contributed by atoms with Gasteiger partial charge in [0.1, 0.15) is 6.54 Å². The Balaban J connectivity index is 2.84. The van der Waals surface area contributed by atoms with Crippen LogP contribution in [0.15, 0.2) is 24.3 Å². The van der Waals surface area contributed by atoms with Crippen LogP contribution in [-0.4, -0.2) is 46.9 Å². The van der Waals surface area contributed by atoms with Crippen molar-refractivity contribution in [1.82, 2.24) is 5.32 Å². The van der Waals surface area contributed by atoms with E-state index in [0.29, 0.717) is 31.9 Å². The Kier molecular flexibility index (Phi) is 8.21. The maximum Gasteiger partial charge on any atom is 0.240 e. The van der Waals surface area contributed by atoms with E-state index < -0.39 is 10.0 Å². The Morgan fingerprint density at radius 1 is 1.29 bits per heavy atom. The molecule has 0 saturated heterocycles. The molecule has 24 heavy (non-hydrogen) atoms. The molecule has 1 amide bonds. The highest BCUT2D eigenvalue weighted by Crippen LogP contribution is 2.28. The van der Waals surface area contributed by atoms with Gasteiger partial charge in [-0.05, 0) is 30.9 Å². The lowest BCUT2D eigenvalue weighted by molar-refractivity contribution is -0.119. The monoisotopic (exact) mass is 356 g/mol. The zero-order valence-electron chi connectivity index (χ0n) is 14.9. The van der Waals surface area contributed by atoms with Crippen LogP contribution in [0.1, 0.15) is 38.7 Å². The Hall–Kier alpha value is -1.60. The Bertz CT molecular complexity index is 629. The summed E-state index contributed by atoms with van der Waals surface area (Å²) in [5.74, 6) is -0.171. The van der Waals surface area contributed by atoms with Gasteiger partial charge in [0.2, 0.25) is 15.9 Å². The van der Waals surface area contributed by atoms with E-state index >= 15 is 0 Å². The number of amides is 1. The summed E-state index contributed by atoms with van der Waals surface area (Å²) in [6.45, 7) is 7.35. The van der Waals surface area contributed by atoms with Crippen molar-refractivity contribution in [3.8, 4) is 0 Å². The number of ether oxygens (including phenoxy) is 1. The van der Waals surface area contributed by atoms with E-state index in [1.165, 1.54) is 4.31 Å². The zero-order chi connectivity index (χ0) is 18.2. The SMILES string of the molecule is CCOCCCNC(=O)CN(c1ccccc1C(C)C)S(C)(=O)=O. The van der Waals surface area contributed by atoms with E-state index in [4.69, 9.17) is 4.74 Å². The van der Waals surface area contributed by atoms with Gasteiger partial charge < -0.3 is 10.1 Å². The topological polar surface area (TPSA) is 75.7 Å². The van der Waals surface area contributed by atoms with Crippen LogP contribution in [0.2, 0.25) is 0 Å². The number of hydrogen-bond donors (Lipinski definition) is 1. The quantitative estimate of drug-likeness (QED) is 0.652. The summed E-state index contributed by atoms with van der Waals surface area (Å²) < 4.78 is 30.7. The fraction of sp³-hybridized carbons (Fsp3) is 0.588. The summed E-state index contributed by atoms with van der Waals surface area (Å²) in [6, 6.07) is 7.27. The maximum absolute atomic E-state index is 12.2. The molecule has 0 fully saturated rings. The largest absolute Gasteiger partial charge is 0.382 e. The summed E-state index contributed by atoms with van der Waals surface area (Å²) in [5.41, 5.74) is 1.45. The molecule has 0 spiro atoms. The van der Waals surface area contributed by atoms with Gasteiger partial charge in [-0.2, -0.15) is 0 Å². The van der Waals surface area contributed by atoms with Crippen molar-refractivity contribution in [1.29, 1.82) is 0 Å². The van der Waals surface area contributed by atoms with Crippen molar-refractivity contribution >= 4 is 21.6 Å². The average Bonchev–Trinajstić information content (AvgIpc) is 2.51. The lowest BCUT2D eigenvalue weighted by Gasteiger charge is -2.25. The highest BCUT2D eigenvalue weighted by molar-refractivity contribution is 7.92. The number of sulfonamides is 1. The summed E-state index contributed by atoms with van der Waals surface area (Å²) in [7, 11) is -3.56. The Labute approximate surface area is 145 Å². The van der Waals surface area contributed by atoms with E-state index in [9.17, 15) is 13.2 Å². The number of nitrogens with zero attached hydrogens (tertiary/aromatic N) is 1. The fourth-order valence-corrected chi connectivity index (χ4v) is 3.19. The average molecular weight is 356 g/mol. The molecule has 136 valence electrons. The van der Waals surface area contributed by atoms with Gasteiger partial charge in [0.05, 0.1) is 11.9 Å². The van der Waals surface area contributed by atoms with Crippen LogP contribution in [0, 0.1) is 0 Å². The number of benzene rings is 1. The van der Waals surface area contributed by atoms with E-state index in [1.54, 1.807) is 12.1 Å². The van der Waals surface area contributed by atoms with Crippen molar-refractivity contribution in [3.63, 3.8) is 0 Å². The molecule has 1 N–H and O–H groups in total. The Morgan fingerprint density at radius 3 is 2.54 bits per heavy atom. The Morgan fingerprint density at radius 2 is 1.96 bits per heavy atom. The van der Waals surface area contributed by atoms with Crippen LogP contribution >= 0.6 is 0 Å². The molecule has 0 saturated carbocycles. The minimum Gasteiger partial charge on any atom is -0.382 e. The molecule has 1 rings (SSSR count). The second kappa shape index (κ2) is 9.64. The second-order valence-electron chi connectivity index (χ2n) is 5.88. The molecule has 6 nitrogen and oxygen atoms in total. The van der Waals surface area contributed by atoms with Gasteiger partial charge in [0.15, 0.2) is 0 Å². The second-order valence-corrected chi connectivity index (χ2v) is 7.79. The number of rotatable bonds is 10. The summed E-state index contributed by atoms with van der Waals surface area (Å²) in [6.07, 6.45) is 1.81. The molecule has 0 aliphatic carbocycles. The minimum absolute atomic E-state index is 0.153. The predicted octanol–water partition coefficient (Wildman–Crippen LogP) is 2.12. The van der Waals surface area contributed by atoms with Crippen LogP contribution in [0.4, 0.5) is 5.69 Å². The fourth-order valence-electron chi connectivity index (χ4n) is 2.32. The van der Waals surface area contributed by atoms with Crippen molar-refractivity contribution in [3.05, 3.63) is 29.8 Å². The third-order valence-corrected chi connectivity index (χ3v) is 4.63. The van der Waals surface area contributed by atoms with Crippen LogP contribution in [0.25, 0.3) is 0 Å². The third-order valence-electron chi connectivity index (χ3n) is 3.51. The van der Waals surface area contributed by atoms with Gasteiger partial charge in [-0.25, -0.2) is 8.42 Å². The molecule has 0 aliphatic rings. The van der Waals surface area contributed by atoms with Crippen molar-refractivity contribution < 1.29 is 17.9 Å². The van der Waals surface area contributed by atoms with E-state index in [-0.39, 0.29) is 18.4 Å². The van der Waals surface area contributed by atoms with Crippen molar-refractivity contribution in [2.24, 2.45) is 0 Å². The highest BCUT2D eigenvalue weighted by Gasteiger charge is 2.23. The maximum atomic E-state index is 12.2. The molecule has 0 aromatic heterocycles. The van der Waals surface area contributed by atoms with Gasteiger partial charge >= 0.3 is 0 Å². The van der Waals surface area contributed by atoms with Crippen LogP contribution in [0.5, 0.6) is 0 Å². The number of carbonyl (C=O) groups is 1. The normalized spacial score (nSPS) is 11.5. The lowest BCUT2D eigenvalue weighted by atomic mass is 10.0. The van der Waals surface area contributed by atoms with Gasteiger partial charge in [-0.15, -0.1) is 0 Å². The first kappa shape index (κ1) is 20.4. The number of nitrogens with one attached hydrogen (secondary N) is 1. The van der Waals surface area contributed by atoms with Crippen molar-refractivity contribution in [2.45, 2.75) is 33.1 Å². The molecule has 0 radical (unpaired) electrons. The third kappa shape index (κ3) is 6.49. The number of hydrogen-bond acceptors (Lipinski definition) is 4. The minimum atomic E-state index is -3.56. The van der Waals surface area contributed by atoms with Crippen LogP contribution in [0.3, 0.4) is 0 Å². The van der Waals surface area contributed by atoms with Gasteiger partial charge in [-0.1, -0.05) is 32.0 Å². The van der Waals surface area contributed by atoms with Gasteiger partial charge in [0, 0.05) is 19.8 Å². The molecule has 0 atom stereocenters. The lowest BCUT2D eigenvalue weighted by Crippen LogP contribution is -2.41. The first-order valence-corrected chi connectivity index (χ1v) is 10.0. The first-order valence-electron chi connectivity index (χ1n) is 8.18. The van der Waals surface area contributed by atoms with Crippen molar-refractivity contribution in [2.75, 3.05) is 36.9 Å². The molecule has 1 aromatic carbocycles. The molecule has 0 bridgehead atoms. The number of anilines is 1. The van der Waals surface area contributed by atoms with Crippen LogP contribution < -0.4 is 9.62 Å². The summed E-state index contributed by atoms with van der Waals surface area (Å²) >= 11 is 0. The van der Waals surface area contributed by atoms with Gasteiger partial charge in [-0.3, -0.25) is 9.10 Å². The zero-order valence-corrected chi connectivity index (χ0v) is 15.7. The highest BCUT2D eigenvalue weighted by atomic mass is 32.2. The molecule has 0 heterocycles. The predicted molar refractivity (Wildman–Crippen MR) is 96.8 cm³/mol. The van der Waals surface area contributed by atoms with E-state index in [2.05, 4.69) is 5.32 Å². The number of para-hydroxylation sites is 1. The molecule has 0 unspecified atom stereocenters. The van der Waals surface area contributed by atoms with E-state index in [0.717, 1.165) is 11.8 Å². The molecular weight excluding hydrogens is 328 g/mol. The van der Waals surface area contributed by atoms with Crippen LogP contribution in [-0.2, 0) is 19.6 Å². The summed E-state index contributed by atoms with van der Waals surface area (Å²) in [5, 5.41) is 2.74. The standard InChI is InChI=1S/C17H28N2O4S/c1-5-23-12-8-11-18-17(20)13-19(24(4,21)22)16-10-7-6-9-15(16)14(2)3/h6-7,9-10,14H,5,8,11-13H2,1-4H3,(H,18,20). The van der Waals surface area contributed by atoms with E-state index in [1.807, 2.05) is 32.9 Å². The first-order chi connectivity index (χ1) is 11.3. The molecule has 0 aliphatic heterocycles. The molecule has 1 aromatic rings. The smallest absolute Gasteiger partial charge is 0.240 e. The van der Waals surface area contributed by atoms with Gasteiger partial charge in [0.25, 0.3) is 0 Å². The molecular formula is C17H28N2O4S.